The number of hydrogen-bond acceptors (Lipinski definition) is 3. The van der Waals surface area contributed by atoms with Crippen molar-refractivity contribution in [1.82, 2.24) is 14.6 Å². The van der Waals surface area contributed by atoms with Gasteiger partial charge in [0.1, 0.15) is 11.3 Å². The molecule has 0 aliphatic carbocycles. The number of anilines is 1. The Morgan fingerprint density at radius 2 is 2.08 bits per heavy atom. The third-order valence-corrected chi connectivity index (χ3v) is 1.78. The van der Waals surface area contributed by atoms with E-state index in [4.69, 9.17) is 11.6 Å². The molecule has 0 spiro atoms. The van der Waals surface area contributed by atoms with Gasteiger partial charge in [0.05, 0.1) is 6.20 Å². The molecule has 13 heavy (non-hydrogen) atoms. The van der Waals surface area contributed by atoms with Crippen LogP contribution in [0, 0.1) is 0 Å². The van der Waals surface area contributed by atoms with E-state index in [0.29, 0.717) is 10.8 Å². The van der Waals surface area contributed by atoms with E-state index in [1.54, 1.807) is 10.9 Å². The highest BCUT2D eigenvalue weighted by molar-refractivity contribution is 6.32. The van der Waals surface area contributed by atoms with Gasteiger partial charge < -0.3 is 0 Å². The zero-order chi connectivity index (χ0) is 9.10. The first-order valence-electron chi connectivity index (χ1n) is 3.72. The van der Waals surface area contributed by atoms with E-state index in [1.807, 2.05) is 24.5 Å². The van der Waals surface area contributed by atoms with Crippen LogP contribution in [0.4, 0.5) is 5.82 Å². The van der Waals surface area contributed by atoms with Gasteiger partial charge in [-0.25, -0.2) is 9.97 Å². The van der Waals surface area contributed by atoms with Crippen molar-refractivity contribution >= 4 is 17.4 Å². The smallest absolute Gasteiger partial charge is 0.167 e. The molecule has 66 valence electrons. The molecule has 0 fully saturated rings. The normalized spacial score (nSPS) is 9.92. The monoisotopic (exact) mass is 194 g/mol. The Bertz CT molecular complexity index is 385. The Morgan fingerprint density at radius 1 is 1.31 bits per heavy atom. The molecule has 0 bridgehead atoms. The molecule has 2 aromatic rings. The van der Waals surface area contributed by atoms with Crippen LogP contribution in [0.5, 0.6) is 0 Å². The molecule has 5 heteroatoms. The van der Waals surface area contributed by atoms with Gasteiger partial charge in [0, 0.05) is 12.4 Å². The van der Waals surface area contributed by atoms with Crippen molar-refractivity contribution in [2.45, 2.75) is 0 Å². The standard InChI is InChI=1S/C8H7ClN4/c9-7-5-10-6-11-8(7)12-13-3-1-2-4-13/h1-6H,(H,10,11,12). The van der Waals surface area contributed by atoms with E-state index in [1.165, 1.54) is 6.33 Å². The molecule has 2 rings (SSSR count). The second-order valence-corrected chi connectivity index (χ2v) is 2.83. The molecule has 0 aromatic carbocycles. The third kappa shape index (κ3) is 1.78. The van der Waals surface area contributed by atoms with Gasteiger partial charge in [-0.1, -0.05) is 11.6 Å². The summed E-state index contributed by atoms with van der Waals surface area (Å²) in [6.07, 6.45) is 6.70. The van der Waals surface area contributed by atoms with Crippen molar-refractivity contribution < 1.29 is 0 Å². The maximum Gasteiger partial charge on any atom is 0.167 e. The molecular formula is C8H7ClN4. The number of aromatic nitrogens is 3. The first-order chi connectivity index (χ1) is 6.36. The van der Waals surface area contributed by atoms with E-state index in [9.17, 15) is 0 Å². The Hall–Kier alpha value is -1.55. The van der Waals surface area contributed by atoms with Gasteiger partial charge in [0.25, 0.3) is 0 Å². The van der Waals surface area contributed by atoms with E-state index >= 15 is 0 Å². The van der Waals surface area contributed by atoms with Crippen LogP contribution in [0.1, 0.15) is 0 Å². The van der Waals surface area contributed by atoms with Crippen LogP contribution in [-0.2, 0) is 0 Å². The Balaban J connectivity index is 2.24. The summed E-state index contributed by atoms with van der Waals surface area (Å²) >= 11 is 5.84. The van der Waals surface area contributed by atoms with Crippen LogP contribution in [0.15, 0.2) is 37.1 Å². The summed E-state index contributed by atoms with van der Waals surface area (Å²) in [5.74, 6) is 0.591. The molecular weight excluding hydrogens is 188 g/mol. The van der Waals surface area contributed by atoms with Crippen molar-refractivity contribution in [3.8, 4) is 0 Å². The summed E-state index contributed by atoms with van der Waals surface area (Å²) in [7, 11) is 0. The quantitative estimate of drug-likeness (QED) is 0.793. The van der Waals surface area contributed by atoms with E-state index in [-0.39, 0.29) is 0 Å². The van der Waals surface area contributed by atoms with Crippen molar-refractivity contribution in [2.24, 2.45) is 0 Å². The zero-order valence-corrected chi connectivity index (χ0v) is 7.44. The van der Waals surface area contributed by atoms with E-state index in [2.05, 4.69) is 15.4 Å². The van der Waals surface area contributed by atoms with Crippen LogP contribution in [0.3, 0.4) is 0 Å². The molecule has 0 unspecified atom stereocenters. The van der Waals surface area contributed by atoms with E-state index in [0.717, 1.165) is 0 Å². The molecule has 4 nitrogen and oxygen atoms in total. The lowest BCUT2D eigenvalue weighted by atomic mass is 10.6. The highest BCUT2D eigenvalue weighted by Crippen LogP contribution is 2.15. The first kappa shape index (κ1) is 8.07. The van der Waals surface area contributed by atoms with Crippen molar-refractivity contribution in [2.75, 3.05) is 5.43 Å². The minimum atomic E-state index is 0.496. The largest absolute Gasteiger partial charge is 0.277 e. The molecule has 0 aliphatic rings. The predicted octanol–water partition coefficient (Wildman–Crippen LogP) is 1.81. The zero-order valence-electron chi connectivity index (χ0n) is 6.68. The van der Waals surface area contributed by atoms with Crippen LogP contribution < -0.4 is 5.43 Å². The van der Waals surface area contributed by atoms with Gasteiger partial charge in [-0.2, -0.15) is 0 Å². The van der Waals surface area contributed by atoms with Crippen LogP contribution in [-0.4, -0.2) is 14.6 Å². The minimum Gasteiger partial charge on any atom is -0.277 e. The highest BCUT2D eigenvalue weighted by Gasteiger charge is 1.99. The maximum absolute atomic E-state index is 5.84. The summed E-state index contributed by atoms with van der Waals surface area (Å²) in [5.41, 5.74) is 2.99. The number of hydrogen-bond donors (Lipinski definition) is 1. The number of halogens is 1. The van der Waals surface area contributed by atoms with Crippen molar-refractivity contribution in [3.63, 3.8) is 0 Å². The Labute approximate surface area is 80.2 Å². The predicted molar refractivity (Wildman–Crippen MR) is 50.5 cm³/mol. The molecule has 0 aliphatic heterocycles. The van der Waals surface area contributed by atoms with Crippen LogP contribution >= 0.6 is 11.6 Å². The minimum absolute atomic E-state index is 0.496. The van der Waals surface area contributed by atoms with Gasteiger partial charge in [-0.15, -0.1) is 0 Å². The number of nitrogens with zero attached hydrogens (tertiary/aromatic N) is 3. The van der Waals surface area contributed by atoms with Crippen LogP contribution in [0.2, 0.25) is 5.02 Å². The fourth-order valence-corrected chi connectivity index (χ4v) is 1.07. The molecule has 2 heterocycles. The molecule has 2 aromatic heterocycles. The summed E-state index contributed by atoms with van der Waals surface area (Å²) in [4.78, 5) is 7.76. The Kier molecular flexibility index (Phi) is 2.14. The van der Waals surface area contributed by atoms with Crippen LogP contribution in [0.25, 0.3) is 0 Å². The molecule has 1 N–H and O–H groups in total. The molecule has 0 saturated carbocycles. The first-order valence-corrected chi connectivity index (χ1v) is 4.09. The lowest BCUT2D eigenvalue weighted by Crippen LogP contribution is -2.07. The van der Waals surface area contributed by atoms with E-state index < -0.39 is 0 Å². The molecule has 0 saturated heterocycles. The number of nitrogens with one attached hydrogen (secondary N) is 1. The summed E-state index contributed by atoms with van der Waals surface area (Å²) in [5, 5.41) is 0.496. The van der Waals surface area contributed by atoms with Gasteiger partial charge in [0.2, 0.25) is 0 Å². The topological polar surface area (TPSA) is 42.7 Å². The lowest BCUT2D eigenvalue weighted by molar-refractivity contribution is 0.946. The summed E-state index contributed by atoms with van der Waals surface area (Å²) in [6, 6.07) is 3.81. The molecule has 0 amide bonds. The lowest BCUT2D eigenvalue weighted by Gasteiger charge is -2.06. The summed E-state index contributed by atoms with van der Waals surface area (Å²) < 4.78 is 1.76. The summed E-state index contributed by atoms with van der Waals surface area (Å²) in [6.45, 7) is 0. The highest BCUT2D eigenvalue weighted by atomic mass is 35.5. The second-order valence-electron chi connectivity index (χ2n) is 2.42. The van der Waals surface area contributed by atoms with Crippen molar-refractivity contribution in [3.05, 3.63) is 42.1 Å². The number of rotatable bonds is 2. The molecule has 0 atom stereocenters. The fraction of sp³-hybridized carbons (Fsp3) is 0. The Morgan fingerprint density at radius 3 is 2.77 bits per heavy atom. The average molecular weight is 195 g/mol. The third-order valence-electron chi connectivity index (χ3n) is 1.51. The SMILES string of the molecule is Clc1cncnc1Nn1cccc1. The average Bonchev–Trinajstić information content (AvgIpc) is 2.61. The maximum atomic E-state index is 5.84. The van der Waals surface area contributed by atoms with Gasteiger partial charge in [0.15, 0.2) is 5.82 Å². The fourth-order valence-electron chi connectivity index (χ4n) is 0.926. The van der Waals surface area contributed by atoms with Gasteiger partial charge in [-0.3, -0.25) is 10.1 Å². The van der Waals surface area contributed by atoms with Gasteiger partial charge >= 0.3 is 0 Å². The van der Waals surface area contributed by atoms with Crippen molar-refractivity contribution in [1.29, 1.82) is 0 Å². The molecule has 0 radical (unpaired) electrons. The second kappa shape index (κ2) is 3.45. The van der Waals surface area contributed by atoms with Gasteiger partial charge in [-0.05, 0) is 12.1 Å².